The molecule has 0 aromatic rings. The molecule has 15 heteroatoms. The van der Waals surface area contributed by atoms with Crippen molar-refractivity contribution in [3.8, 4) is 6.07 Å². The van der Waals surface area contributed by atoms with Crippen molar-refractivity contribution in [2.24, 2.45) is 0 Å². The van der Waals surface area contributed by atoms with E-state index >= 15 is 0 Å². The standard InChI is InChI=1S/C27H46N3O11P/c1-17(2)30(18(3)4)42(38-15-11-12-28)37-14-10-9-13-35-27-24(29-19(5)31)26(40-22(8)34)25(39-21(7)33)23(41-27)16-36-20(6)32/h17-18,23-27H,9-11,13-16H2,1-8H3,(H,29,31)/t23-,24?,25+,26?,27?,42?/m1/s1. The largest absolute Gasteiger partial charge is 0.463 e. The van der Waals surface area contributed by atoms with Gasteiger partial charge in [-0.1, -0.05) is 0 Å². The number of unbranched alkanes of at least 4 members (excludes halogenated alkanes) is 1. The molecular formula is C27H46N3O11P. The van der Waals surface area contributed by atoms with Gasteiger partial charge in [0.1, 0.15) is 18.8 Å². The van der Waals surface area contributed by atoms with Crippen LogP contribution in [0.25, 0.3) is 0 Å². The molecule has 14 nitrogen and oxygen atoms in total. The molecule has 1 aliphatic heterocycles. The summed E-state index contributed by atoms with van der Waals surface area (Å²) in [6.07, 6.45) is -3.10. The second-order valence-corrected chi connectivity index (χ2v) is 11.6. The summed E-state index contributed by atoms with van der Waals surface area (Å²) in [6.45, 7) is 13.6. The highest BCUT2D eigenvalue weighted by Crippen LogP contribution is 2.46. The maximum Gasteiger partial charge on any atom is 0.303 e. The average molecular weight is 620 g/mol. The van der Waals surface area contributed by atoms with Crippen molar-refractivity contribution in [3.63, 3.8) is 0 Å². The number of nitriles is 1. The first-order valence-electron chi connectivity index (χ1n) is 14.0. The minimum atomic E-state index is -1.37. The molecule has 1 amide bonds. The highest BCUT2D eigenvalue weighted by molar-refractivity contribution is 7.44. The maximum absolute atomic E-state index is 12.1. The number of nitrogens with zero attached hydrogens (tertiary/aromatic N) is 2. The van der Waals surface area contributed by atoms with Crippen LogP contribution in [0, 0.1) is 11.3 Å². The Morgan fingerprint density at radius 3 is 1.98 bits per heavy atom. The molecule has 1 rings (SSSR count). The van der Waals surface area contributed by atoms with Crippen LogP contribution in [0.5, 0.6) is 0 Å². The van der Waals surface area contributed by atoms with Gasteiger partial charge in [-0.3, -0.25) is 19.2 Å². The number of hydrogen-bond acceptors (Lipinski definition) is 13. The summed E-state index contributed by atoms with van der Waals surface area (Å²) in [4.78, 5) is 47.4. The van der Waals surface area contributed by atoms with E-state index < -0.39 is 63.0 Å². The molecule has 1 heterocycles. The first-order chi connectivity index (χ1) is 19.8. The number of ether oxygens (including phenoxy) is 5. The van der Waals surface area contributed by atoms with E-state index in [0.29, 0.717) is 19.4 Å². The lowest BCUT2D eigenvalue weighted by Gasteiger charge is -2.44. The molecule has 0 saturated carbocycles. The van der Waals surface area contributed by atoms with Crippen molar-refractivity contribution in [2.75, 3.05) is 26.4 Å². The van der Waals surface area contributed by atoms with Gasteiger partial charge in [0.15, 0.2) is 18.5 Å². The van der Waals surface area contributed by atoms with Crippen molar-refractivity contribution in [1.29, 1.82) is 5.26 Å². The van der Waals surface area contributed by atoms with Gasteiger partial charge in [0.25, 0.3) is 8.53 Å². The monoisotopic (exact) mass is 619 g/mol. The van der Waals surface area contributed by atoms with Crippen LogP contribution in [0.15, 0.2) is 0 Å². The van der Waals surface area contributed by atoms with Gasteiger partial charge in [0.05, 0.1) is 25.7 Å². The summed E-state index contributed by atoms with van der Waals surface area (Å²) in [5.74, 6) is -2.40. The molecular weight excluding hydrogens is 573 g/mol. The van der Waals surface area contributed by atoms with Gasteiger partial charge >= 0.3 is 17.9 Å². The molecule has 240 valence electrons. The Labute approximate surface area is 249 Å². The number of rotatable bonds is 18. The van der Waals surface area contributed by atoms with Crippen molar-refractivity contribution in [2.45, 2.75) is 117 Å². The van der Waals surface area contributed by atoms with Crippen LogP contribution in [-0.2, 0) is 51.9 Å². The van der Waals surface area contributed by atoms with Gasteiger partial charge < -0.3 is 38.0 Å². The third-order valence-electron chi connectivity index (χ3n) is 5.76. The Balaban J connectivity index is 2.94. The fourth-order valence-electron chi connectivity index (χ4n) is 4.29. The Kier molecular flexibility index (Phi) is 17.7. The molecule has 4 unspecified atom stereocenters. The molecule has 0 bridgehead atoms. The average Bonchev–Trinajstić information content (AvgIpc) is 2.86. The Hall–Kier alpha value is -2.40. The molecule has 0 aliphatic carbocycles. The van der Waals surface area contributed by atoms with Gasteiger partial charge in [-0.05, 0) is 40.5 Å². The molecule has 0 spiro atoms. The zero-order chi connectivity index (χ0) is 31.8. The van der Waals surface area contributed by atoms with E-state index in [0.717, 1.165) is 0 Å². The van der Waals surface area contributed by atoms with Gasteiger partial charge in [-0.2, -0.15) is 5.26 Å². The second kappa shape index (κ2) is 19.7. The van der Waals surface area contributed by atoms with E-state index in [1.54, 1.807) is 0 Å². The molecule has 0 radical (unpaired) electrons. The summed E-state index contributed by atoms with van der Waals surface area (Å²) in [5.41, 5.74) is 0. The van der Waals surface area contributed by atoms with E-state index in [1.807, 2.05) is 0 Å². The number of carbonyl (C=O) groups is 4. The lowest BCUT2D eigenvalue weighted by atomic mass is 9.96. The highest BCUT2D eigenvalue weighted by Gasteiger charge is 2.51. The summed E-state index contributed by atoms with van der Waals surface area (Å²) in [6, 6.07) is 1.41. The van der Waals surface area contributed by atoms with E-state index in [9.17, 15) is 19.2 Å². The SMILES string of the molecule is CC(=O)NC1C(OCCCCOP(OCCC#N)N(C(C)C)C(C)C)O[C@H](COC(C)=O)[C@H](OC(C)=O)C1OC(C)=O. The fraction of sp³-hybridized carbons (Fsp3) is 0.815. The molecule has 1 N–H and O–H groups in total. The van der Waals surface area contributed by atoms with Crippen molar-refractivity contribution in [3.05, 3.63) is 0 Å². The van der Waals surface area contributed by atoms with Crippen molar-refractivity contribution in [1.82, 2.24) is 9.99 Å². The van der Waals surface area contributed by atoms with Crippen LogP contribution in [0.2, 0.25) is 0 Å². The third-order valence-corrected chi connectivity index (χ3v) is 7.86. The van der Waals surface area contributed by atoms with Crippen LogP contribution < -0.4 is 5.32 Å². The molecule has 1 fully saturated rings. The summed E-state index contributed by atoms with van der Waals surface area (Å²) >= 11 is 0. The van der Waals surface area contributed by atoms with Gasteiger partial charge in [-0.25, -0.2) is 4.67 Å². The number of nitrogens with one attached hydrogen (secondary N) is 1. The topological polar surface area (TPSA) is 172 Å². The minimum absolute atomic E-state index is 0.177. The predicted octanol–water partition coefficient (Wildman–Crippen LogP) is 2.73. The number of carbonyl (C=O) groups excluding carboxylic acids is 4. The highest BCUT2D eigenvalue weighted by atomic mass is 31.2. The van der Waals surface area contributed by atoms with Crippen LogP contribution in [0.1, 0.15) is 74.7 Å². The molecule has 1 saturated heterocycles. The Morgan fingerprint density at radius 2 is 1.45 bits per heavy atom. The predicted molar refractivity (Wildman–Crippen MR) is 150 cm³/mol. The van der Waals surface area contributed by atoms with E-state index in [4.69, 9.17) is 38.0 Å². The lowest BCUT2D eigenvalue weighted by molar-refractivity contribution is -0.277. The van der Waals surface area contributed by atoms with Gasteiger partial charge in [0.2, 0.25) is 5.91 Å². The van der Waals surface area contributed by atoms with Crippen LogP contribution in [0.4, 0.5) is 0 Å². The van der Waals surface area contributed by atoms with Crippen molar-refractivity contribution >= 4 is 32.3 Å². The fourth-order valence-corrected chi connectivity index (χ4v) is 5.92. The maximum atomic E-state index is 12.1. The number of amides is 1. The number of esters is 3. The third kappa shape index (κ3) is 13.7. The minimum Gasteiger partial charge on any atom is -0.463 e. The molecule has 0 aromatic heterocycles. The summed E-state index contributed by atoms with van der Waals surface area (Å²) in [5, 5.41) is 11.5. The molecule has 42 heavy (non-hydrogen) atoms. The number of hydrogen-bond donors (Lipinski definition) is 1. The second-order valence-electron chi connectivity index (χ2n) is 10.2. The Morgan fingerprint density at radius 1 is 0.881 bits per heavy atom. The lowest BCUT2D eigenvalue weighted by Crippen LogP contribution is -2.66. The van der Waals surface area contributed by atoms with Crippen LogP contribution in [0.3, 0.4) is 0 Å². The van der Waals surface area contributed by atoms with Crippen LogP contribution in [-0.4, -0.2) is 97.6 Å². The molecule has 0 aromatic carbocycles. The molecule has 1 aliphatic rings. The van der Waals surface area contributed by atoms with Gasteiger partial charge in [0, 0.05) is 46.4 Å². The Bertz CT molecular complexity index is 906. The van der Waals surface area contributed by atoms with Crippen molar-refractivity contribution < 1.29 is 51.9 Å². The van der Waals surface area contributed by atoms with E-state index in [1.165, 1.54) is 27.7 Å². The van der Waals surface area contributed by atoms with Crippen LogP contribution >= 0.6 is 8.53 Å². The summed E-state index contributed by atoms with van der Waals surface area (Å²) in [7, 11) is -1.37. The van der Waals surface area contributed by atoms with Gasteiger partial charge in [-0.15, -0.1) is 0 Å². The zero-order valence-electron chi connectivity index (χ0n) is 25.8. The summed E-state index contributed by atoms with van der Waals surface area (Å²) < 4.78 is 42.0. The normalized spacial score (nSPS) is 22.9. The zero-order valence-corrected chi connectivity index (χ0v) is 26.7. The smallest absolute Gasteiger partial charge is 0.303 e. The quantitative estimate of drug-likeness (QED) is 0.103. The van der Waals surface area contributed by atoms with E-state index in [2.05, 4.69) is 43.8 Å². The van der Waals surface area contributed by atoms with E-state index in [-0.39, 0.29) is 38.3 Å². The molecule has 6 atom stereocenters. The first kappa shape index (κ1) is 37.6. The first-order valence-corrected chi connectivity index (χ1v) is 15.1.